The molecule has 0 radical (unpaired) electrons. The largest absolute Gasteiger partial charge is 0.444 e. The van der Waals surface area contributed by atoms with Crippen molar-refractivity contribution in [2.45, 2.75) is 32.8 Å². The van der Waals surface area contributed by atoms with Gasteiger partial charge in [-0.2, -0.15) is 0 Å². The lowest BCUT2D eigenvalue weighted by Crippen LogP contribution is -2.39. The van der Waals surface area contributed by atoms with Gasteiger partial charge in [-0.3, -0.25) is 4.68 Å². The fourth-order valence-corrected chi connectivity index (χ4v) is 2.87. The summed E-state index contributed by atoms with van der Waals surface area (Å²) in [5, 5.41) is 1.15. The lowest BCUT2D eigenvalue weighted by atomic mass is 9.99. The van der Waals surface area contributed by atoms with Crippen LogP contribution in [0.25, 0.3) is 16.5 Å². The summed E-state index contributed by atoms with van der Waals surface area (Å²) in [6.45, 7) is 6.86. The van der Waals surface area contributed by atoms with Crippen molar-refractivity contribution in [2.75, 3.05) is 18.9 Å². The van der Waals surface area contributed by atoms with Gasteiger partial charge >= 0.3 is 6.09 Å². The van der Waals surface area contributed by atoms with Crippen molar-refractivity contribution in [3.8, 4) is 0 Å². The van der Waals surface area contributed by atoms with E-state index in [1.54, 1.807) is 9.58 Å². The van der Waals surface area contributed by atoms with E-state index in [-0.39, 0.29) is 6.09 Å². The molecule has 5 heteroatoms. The van der Waals surface area contributed by atoms with Crippen molar-refractivity contribution in [3.05, 3.63) is 42.1 Å². The van der Waals surface area contributed by atoms with Crippen LogP contribution in [0.1, 0.15) is 32.8 Å². The molecule has 1 aromatic heterocycles. The second-order valence-corrected chi connectivity index (χ2v) is 6.87. The molecule has 2 heterocycles. The molecule has 0 bridgehead atoms. The molecule has 0 saturated carbocycles. The van der Waals surface area contributed by atoms with E-state index in [2.05, 4.69) is 12.1 Å². The highest BCUT2D eigenvalue weighted by Crippen LogP contribution is 2.30. The van der Waals surface area contributed by atoms with E-state index in [1.165, 1.54) is 5.57 Å². The standard InChI is InChI=1S/C18H23N3O2/c1-18(2,3)23-17(22)20-10-8-13(9-11-20)15-12-21(19)16-7-5-4-6-14(15)16/h4-8,12H,9-11,19H2,1-3H3. The first-order chi connectivity index (χ1) is 10.8. The molecule has 2 N–H and O–H groups in total. The van der Waals surface area contributed by atoms with Crippen molar-refractivity contribution in [1.82, 2.24) is 9.58 Å². The van der Waals surface area contributed by atoms with Crippen LogP contribution in [0.2, 0.25) is 0 Å². The summed E-state index contributed by atoms with van der Waals surface area (Å²) in [6.07, 6.45) is 4.59. The first kappa shape index (κ1) is 15.5. The zero-order chi connectivity index (χ0) is 16.6. The van der Waals surface area contributed by atoms with Gasteiger partial charge in [0.25, 0.3) is 0 Å². The summed E-state index contributed by atoms with van der Waals surface area (Å²) in [5.41, 5.74) is 2.92. The van der Waals surface area contributed by atoms with Gasteiger partial charge in [0.15, 0.2) is 0 Å². The van der Waals surface area contributed by atoms with Crippen molar-refractivity contribution in [1.29, 1.82) is 0 Å². The number of fused-ring (bicyclic) bond motifs is 1. The molecular weight excluding hydrogens is 290 g/mol. The van der Waals surface area contributed by atoms with Crippen LogP contribution in [-0.4, -0.2) is 34.4 Å². The zero-order valence-corrected chi connectivity index (χ0v) is 13.9. The Balaban J connectivity index is 1.80. The number of nitrogens with zero attached hydrogens (tertiary/aromatic N) is 2. The molecule has 3 rings (SSSR count). The molecule has 2 aromatic rings. The fourth-order valence-electron chi connectivity index (χ4n) is 2.87. The number of ether oxygens (including phenoxy) is 1. The van der Waals surface area contributed by atoms with Gasteiger partial charge in [0, 0.05) is 30.2 Å². The molecule has 0 fully saturated rings. The number of nitrogens with two attached hydrogens (primary N) is 1. The second kappa shape index (κ2) is 5.65. The van der Waals surface area contributed by atoms with Crippen LogP contribution in [-0.2, 0) is 4.74 Å². The van der Waals surface area contributed by atoms with Gasteiger partial charge in [0.2, 0.25) is 0 Å². The lowest BCUT2D eigenvalue weighted by molar-refractivity contribution is 0.0270. The lowest BCUT2D eigenvalue weighted by Gasteiger charge is -2.29. The molecule has 23 heavy (non-hydrogen) atoms. The quantitative estimate of drug-likeness (QED) is 0.821. The van der Waals surface area contributed by atoms with Crippen LogP contribution < -0.4 is 5.84 Å². The highest BCUT2D eigenvalue weighted by atomic mass is 16.6. The molecule has 1 aliphatic rings. The first-order valence-corrected chi connectivity index (χ1v) is 7.87. The van der Waals surface area contributed by atoms with E-state index in [1.807, 2.05) is 45.2 Å². The van der Waals surface area contributed by atoms with Gasteiger partial charge in [-0.05, 0) is 38.8 Å². The summed E-state index contributed by atoms with van der Waals surface area (Å²) in [4.78, 5) is 13.9. The number of carbonyl (C=O) groups excluding carboxylic acids is 1. The van der Waals surface area contributed by atoms with Gasteiger partial charge in [-0.15, -0.1) is 0 Å². The van der Waals surface area contributed by atoms with Crippen LogP contribution in [0.3, 0.4) is 0 Å². The maximum Gasteiger partial charge on any atom is 0.410 e. The summed E-state index contributed by atoms with van der Waals surface area (Å²) >= 11 is 0. The Bertz CT molecular complexity index is 768. The van der Waals surface area contributed by atoms with E-state index in [4.69, 9.17) is 10.6 Å². The van der Waals surface area contributed by atoms with E-state index in [0.29, 0.717) is 13.1 Å². The highest BCUT2D eigenvalue weighted by molar-refractivity contribution is 5.93. The number of rotatable bonds is 1. The third-order valence-corrected chi connectivity index (χ3v) is 3.95. The molecule has 0 saturated heterocycles. The summed E-state index contributed by atoms with van der Waals surface area (Å²) < 4.78 is 7.08. The van der Waals surface area contributed by atoms with Crippen LogP contribution in [0.5, 0.6) is 0 Å². The Labute approximate surface area is 136 Å². The van der Waals surface area contributed by atoms with E-state index < -0.39 is 5.60 Å². The van der Waals surface area contributed by atoms with Crippen molar-refractivity contribution in [3.63, 3.8) is 0 Å². The number of benzene rings is 1. The summed E-state index contributed by atoms with van der Waals surface area (Å²) in [5.74, 6) is 6.03. The third kappa shape index (κ3) is 3.18. The predicted molar refractivity (Wildman–Crippen MR) is 92.5 cm³/mol. The topological polar surface area (TPSA) is 60.5 Å². The van der Waals surface area contributed by atoms with E-state index in [9.17, 15) is 4.79 Å². The average molecular weight is 313 g/mol. The number of carbonyl (C=O) groups is 1. The Morgan fingerprint density at radius 2 is 2.00 bits per heavy atom. The molecule has 0 atom stereocenters. The monoisotopic (exact) mass is 313 g/mol. The van der Waals surface area contributed by atoms with E-state index in [0.717, 1.165) is 22.9 Å². The van der Waals surface area contributed by atoms with Gasteiger partial charge < -0.3 is 15.5 Å². The molecule has 1 amide bonds. The molecule has 0 unspecified atom stereocenters. The third-order valence-electron chi connectivity index (χ3n) is 3.95. The zero-order valence-electron chi connectivity index (χ0n) is 13.9. The minimum absolute atomic E-state index is 0.256. The Morgan fingerprint density at radius 3 is 2.65 bits per heavy atom. The SMILES string of the molecule is CC(C)(C)OC(=O)N1CC=C(c2cn(N)c3ccccc23)CC1. The number of hydrogen-bond acceptors (Lipinski definition) is 3. The summed E-state index contributed by atoms with van der Waals surface area (Å²) in [7, 11) is 0. The van der Waals surface area contributed by atoms with Crippen molar-refractivity contribution in [2.24, 2.45) is 0 Å². The summed E-state index contributed by atoms with van der Waals surface area (Å²) in [6, 6.07) is 8.08. The molecular formula is C18H23N3O2. The number of amides is 1. The molecule has 5 nitrogen and oxygen atoms in total. The van der Waals surface area contributed by atoms with Gasteiger partial charge in [-0.25, -0.2) is 4.79 Å². The smallest absolute Gasteiger partial charge is 0.410 e. The van der Waals surface area contributed by atoms with Gasteiger partial charge in [0.05, 0.1) is 5.52 Å². The Hall–Kier alpha value is -2.43. The van der Waals surface area contributed by atoms with Gasteiger partial charge in [-0.1, -0.05) is 24.3 Å². The van der Waals surface area contributed by atoms with Crippen LogP contribution in [0, 0.1) is 0 Å². The average Bonchev–Trinajstić information content (AvgIpc) is 2.83. The van der Waals surface area contributed by atoms with Crippen LogP contribution in [0.15, 0.2) is 36.5 Å². The molecule has 0 spiro atoms. The molecule has 122 valence electrons. The Kier molecular flexibility index (Phi) is 3.80. The van der Waals surface area contributed by atoms with Crippen molar-refractivity contribution >= 4 is 22.6 Å². The van der Waals surface area contributed by atoms with Crippen LogP contribution in [0.4, 0.5) is 4.79 Å². The minimum Gasteiger partial charge on any atom is -0.444 e. The normalized spacial score (nSPS) is 15.6. The van der Waals surface area contributed by atoms with Crippen molar-refractivity contribution < 1.29 is 9.53 Å². The predicted octanol–water partition coefficient (Wildman–Crippen LogP) is 3.38. The number of nitrogen functional groups attached to an aromatic ring is 1. The highest BCUT2D eigenvalue weighted by Gasteiger charge is 2.24. The number of hydrogen-bond donors (Lipinski definition) is 1. The fraction of sp³-hybridized carbons (Fsp3) is 0.389. The molecule has 1 aromatic carbocycles. The number of para-hydroxylation sites is 1. The Morgan fingerprint density at radius 1 is 1.26 bits per heavy atom. The minimum atomic E-state index is -0.464. The molecule has 0 aliphatic carbocycles. The van der Waals surface area contributed by atoms with E-state index >= 15 is 0 Å². The number of aromatic nitrogens is 1. The maximum absolute atomic E-state index is 12.1. The van der Waals surface area contributed by atoms with Gasteiger partial charge in [0.1, 0.15) is 5.60 Å². The second-order valence-electron chi connectivity index (χ2n) is 6.87. The first-order valence-electron chi connectivity index (χ1n) is 7.87. The molecule has 1 aliphatic heterocycles. The van der Waals surface area contributed by atoms with Crippen LogP contribution >= 0.6 is 0 Å². The maximum atomic E-state index is 12.1.